The van der Waals surface area contributed by atoms with E-state index in [4.69, 9.17) is 11.2 Å². The first-order valence-corrected chi connectivity index (χ1v) is 3.72. The SMILES string of the molecule is C#CC(C)OC(=O)C(C)(C)S. The highest BCUT2D eigenvalue weighted by Crippen LogP contribution is 2.14. The molecule has 2 nitrogen and oxygen atoms in total. The summed E-state index contributed by atoms with van der Waals surface area (Å²) in [4.78, 5) is 11.0. The lowest BCUT2D eigenvalue weighted by atomic mass is 10.2. The zero-order valence-electron chi connectivity index (χ0n) is 6.92. The zero-order chi connectivity index (χ0) is 9.07. The molecule has 62 valence electrons. The van der Waals surface area contributed by atoms with Gasteiger partial charge in [0.05, 0.1) is 0 Å². The molecular weight excluding hydrogens is 160 g/mol. The molecule has 0 aliphatic rings. The lowest BCUT2D eigenvalue weighted by molar-refractivity contribution is -0.147. The van der Waals surface area contributed by atoms with E-state index < -0.39 is 16.8 Å². The first kappa shape index (κ1) is 10.4. The second-order valence-electron chi connectivity index (χ2n) is 2.77. The van der Waals surface area contributed by atoms with Crippen molar-refractivity contribution in [2.45, 2.75) is 31.6 Å². The van der Waals surface area contributed by atoms with E-state index in [0.29, 0.717) is 0 Å². The zero-order valence-corrected chi connectivity index (χ0v) is 7.81. The highest BCUT2D eigenvalue weighted by atomic mass is 32.1. The van der Waals surface area contributed by atoms with Gasteiger partial charge in [0.1, 0.15) is 4.75 Å². The third-order valence-corrected chi connectivity index (χ3v) is 1.20. The number of ether oxygens (including phenoxy) is 1. The van der Waals surface area contributed by atoms with Crippen LogP contribution in [0.3, 0.4) is 0 Å². The minimum Gasteiger partial charge on any atom is -0.448 e. The normalized spacial score (nSPS) is 13.4. The van der Waals surface area contributed by atoms with Gasteiger partial charge in [-0.25, -0.2) is 0 Å². The van der Waals surface area contributed by atoms with E-state index >= 15 is 0 Å². The second-order valence-corrected chi connectivity index (χ2v) is 3.89. The fourth-order valence-electron chi connectivity index (χ4n) is 0.339. The molecule has 0 fully saturated rings. The van der Waals surface area contributed by atoms with Crippen LogP contribution in [-0.2, 0) is 9.53 Å². The van der Waals surface area contributed by atoms with Crippen molar-refractivity contribution in [2.75, 3.05) is 0 Å². The maximum Gasteiger partial charge on any atom is 0.322 e. The van der Waals surface area contributed by atoms with Gasteiger partial charge in [0.15, 0.2) is 6.10 Å². The van der Waals surface area contributed by atoms with E-state index in [2.05, 4.69) is 18.5 Å². The van der Waals surface area contributed by atoms with Crippen molar-refractivity contribution in [1.82, 2.24) is 0 Å². The highest BCUT2D eigenvalue weighted by Gasteiger charge is 2.25. The lowest BCUT2D eigenvalue weighted by Crippen LogP contribution is -2.29. The van der Waals surface area contributed by atoms with Gasteiger partial charge in [-0.15, -0.1) is 6.42 Å². The summed E-state index contributed by atoms with van der Waals surface area (Å²) < 4.78 is 4.04. The van der Waals surface area contributed by atoms with Crippen molar-refractivity contribution in [3.8, 4) is 12.3 Å². The Kier molecular flexibility index (Phi) is 3.47. The summed E-state index contributed by atoms with van der Waals surface area (Å²) in [6.45, 7) is 4.95. The Morgan fingerprint density at radius 1 is 1.73 bits per heavy atom. The molecule has 0 N–H and O–H groups in total. The second kappa shape index (κ2) is 3.68. The Balaban J connectivity index is 4.01. The van der Waals surface area contributed by atoms with Crippen molar-refractivity contribution in [3.63, 3.8) is 0 Å². The van der Waals surface area contributed by atoms with Gasteiger partial charge < -0.3 is 4.74 Å². The first-order valence-electron chi connectivity index (χ1n) is 3.27. The molecule has 0 aromatic heterocycles. The summed E-state index contributed by atoms with van der Waals surface area (Å²) in [7, 11) is 0. The number of esters is 1. The van der Waals surface area contributed by atoms with E-state index in [1.54, 1.807) is 20.8 Å². The molecule has 0 aromatic rings. The summed E-state index contributed by atoms with van der Waals surface area (Å²) in [5.41, 5.74) is 0. The minimum absolute atomic E-state index is 0.397. The van der Waals surface area contributed by atoms with Gasteiger partial charge in [-0.05, 0) is 20.8 Å². The molecule has 0 bridgehead atoms. The fourth-order valence-corrected chi connectivity index (χ4v) is 0.391. The van der Waals surface area contributed by atoms with Crippen LogP contribution in [0.1, 0.15) is 20.8 Å². The van der Waals surface area contributed by atoms with Crippen molar-refractivity contribution in [1.29, 1.82) is 0 Å². The van der Waals surface area contributed by atoms with Gasteiger partial charge in [-0.2, -0.15) is 12.6 Å². The van der Waals surface area contributed by atoms with Gasteiger partial charge in [-0.3, -0.25) is 4.79 Å². The molecule has 1 atom stereocenters. The van der Waals surface area contributed by atoms with Gasteiger partial charge in [0.2, 0.25) is 0 Å². The van der Waals surface area contributed by atoms with Crippen molar-refractivity contribution in [2.24, 2.45) is 0 Å². The number of hydrogen-bond acceptors (Lipinski definition) is 3. The standard InChI is InChI=1S/C8H12O2S/c1-5-6(2)10-7(9)8(3,4)11/h1,6,11H,2-4H3. The molecular formula is C8H12O2S. The Hall–Kier alpha value is -0.620. The average Bonchev–Trinajstić information content (AvgIpc) is 1.85. The van der Waals surface area contributed by atoms with Crippen molar-refractivity contribution >= 4 is 18.6 Å². The average molecular weight is 172 g/mol. The van der Waals surface area contributed by atoms with Crippen LogP contribution in [0.15, 0.2) is 0 Å². The van der Waals surface area contributed by atoms with Crippen LogP contribution >= 0.6 is 12.6 Å². The summed E-state index contributed by atoms with van der Waals surface area (Å²) in [6, 6.07) is 0. The number of carbonyl (C=O) groups excluding carboxylic acids is 1. The summed E-state index contributed by atoms with van der Waals surface area (Å²) in [6.07, 6.45) is 4.53. The van der Waals surface area contributed by atoms with E-state index in [-0.39, 0.29) is 0 Å². The highest BCUT2D eigenvalue weighted by molar-refractivity contribution is 7.82. The molecule has 0 radical (unpaired) electrons. The maximum absolute atomic E-state index is 11.0. The van der Waals surface area contributed by atoms with Crippen LogP contribution < -0.4 is 0 Å². The van der Waals surface area contributed by atoms with Crippen LogP contribution in [0.5, 0.6) is 0 Å². The summed E-state index contributed by atoms with van der Waals surface area (Å²) in [5.74, 6) is 1.89. The molecule has 0 aromatic carbocycles. The Labute approximate surface area is 72.7 Å². The number of rotatable bonds is 2. The maximum atomic E-state index is 11.0. The molecule has 0 saturated carbocycles. The van der Waals surface area contributed by atoms with Crippen molar-refractivity contribution in [3.05, 3.63) is 0 Å². The number of hydrogen-bond donors (Lipinski definition) is 1. The molecule has 11 heavy (non-hydrogen) atoms. The van der Waals surface area contributed by atoms with Crippen LogP contribution in [0, 0.1) is 12.3 Å². The van der Waals surface area contributed by atoms with E-state index in [1.165, 1.54) is 0 Å². The Bertz CT molecular complexity index is 185. The van der Waals surface area contributed by atoms with Crippen LogP contribution in [0.4, 0.5) is 0 Å². The smallest absolute Gasteiger partial charge is 0.322 e. The molecule has 0 aliphatic heterocycles. The van der Waals surface area contributed by atoms with Crippen LogP contribution in [0.25, 0.3) is 0 Å². The molecule has 0 rings (SSSR count). The summed E-state index contributed by atoms with van der Waals surface area (Å²) in [5, 5.41) is 0. The van der Waals surface area contributed by atoms with Crippen LogP contribution in [0.2, 0.25) is 0 Å². The quantitative estimate of drug-likeness (QED) is 0.385. The Morgan fingerprint density at radius 3 is 2.45 bits per heavy atom. The molecule has 0 spiro atoms. The molecule has 0 amide bonds. The summed E-state index contributed by atoms with van der Waals surface area (Å²) >= 11 is 4.02. The Morgan fingerprint density at radius 2 is 2.18 bits per heavy atom. The third kappa shape index (κ3) is 3.94. The van der Waals surface area contributed by atoms with E-state index in [9.17, 15) is 4.79 Å². The van der Waals surface area contributed by atoms with Gasteiger partial charge in [0.25, 0.3) is 0 Å². The number of thiol groups is 1. The topological polar surface area (TPSA) is 26.3 Å². The van der Waals surface area contributed by atoms with E-state index in [1.807, 2.05) is 0 Å². The lowest BCUT2D eigenvalue weighted by Gasteiger charge is -2.17. The first-order chi connectivity index (χ1) is 4.88. The number of terminal acetylenes is 1. The van der Waals surface area contributed by atoms with E-state index in [0.717, 1.165) is 0 Å². The molecule has 0 aliphatic carbocycles. The largest absolute Gasteiger partial charge is 0.448 e. The molecule has 0 heterocycles. The van der Waals surface area contributed by atoms with Gasteiger partial charge in [-0.1, -0.05) is 5.92 Å². The number of carbonyl (C=O) groups is 1. The van der Waals surface area contributed by atoms with Crippen molar-refractivity contribution < 1.29 is 9.53 Å². The fraction of sp³-hybridized carbons (Fsp3) is 0.625. The van der Waals surface area contributed by atoms with Gasteiger partial charge in [0, 0.05) is 0 Å². The predicted octanol–water partition coefficient (Wildman–Crippen LogP) is 1.26. The van der Waals surface area contributed by atoms with Crippen LogP contribution in [-0.4, -0.2) is 16.8 Å². The third-order valence-electron chi connectivity index (χ3n) is 1.02. The van der Waals surface area contributed by atoms with Gasteiger partial charge >= 0.3 is 5.97 Å². The minimum atomic E-state index is -0.773. The monoisotopic (exact) mass is 172 g/mol. The molecule has 1 unspecified atom stereocenters. The molecule has 0 saturated heterocycles. The molecule has 3 heteroatoms. The predicted molar refractivity (Wildman–Crippen MR) is 47.5 cm³/mol.